The second-order valence-electron chi connectivity index (χ2n) is 9.55. The standard InChI is InChI=1S/C29H38N2O5/c32-25(15-6-1-2-7-18-27(33)31-35)20-22-11-10-12-23(19-22)21-30-28(24-13-4-3-5-14-24)29(34)36-26-16-8-9-17-26/h3-5,10-14,19,26,28,30,35H,1-2,6-9,15-18,20-21H2,(H,31,33)/t28-/m0/s1. The molecule has 36 heavy (non-hydrogen) atoms. The average molecular weight is 495 g/mol. The molecule has 0 radical (unpaired) electrons. The van der Waals surface area contributed by atoms with Crippen LogP contribution in [0.1, 0.15) is 86.9 Å². The highest BCUT2D eigenvalue weighted by molar-refractivity contribution is 5.81. The van der Waals surface area contributed by atoms with Gasteiger partial charge in [-0.15, -0.1) is 0 Å². The van der Waals surface area contributed by atoms with Gasteiger partial charge >= 0.3 is 5.97 Å². The Morgan fingerprint density at radius 1 is 0.889 bits per heavy atom. The van der Waals surface area contributed by atoms with Crippen molar-refractivity contribution in [3.8, 4) is 0 Å². The maximum absolute atomic E-state index is 13.0. The molecule has 7 heteroatoms. The van der Waals surface area contributed by atoms with Crippen molar-refractivity contribution in [3.63, 3.8) is 0 Å². The van der Waals surface area contributed by atoms with E-state index >= 15 is 0 Å². The molecule has 2 aromatic rings. The number of esters is 1. The van der Waals surface area contributed by atoms with Gasteiger partial charge in [0.05, 0.1) is 0 Å². The van der Waals surface area contributed by atoms with Gasteiger partial charge in [-0.05, 0) is 55.2 Å². The number of nitrogens with one attached hydrogen (secondary N) is 2. The van der Waals surface area contributed by atoms with E-state index in [0.29, 0.717) is 32.2 Å². The van der Waals surface area contributed by atoms with Gasteiger partial charge in [0, 0.05) is 25.8 Å². The fraction of sp³-hybridized carbons (Fsp3) is 0.483. The van der Waals surface area contributed by atoms with Gasteiger partial charge in [-0.2, -0.15) is 0 Å². The van der Waals surface area contributed by atoms with Crippen molar-refractivity contribution < 1.29 is 24.3 Å². The fourth-order valence-electron chi connectivity index (χ4n) is 4.62. The molecule has 2 aromatic carbocycles. The first-order valence-corrected chi connectivity index (χ1v) is 13.1. The molecule has 7 nitrogen and oxygen atoms in total. The number of amides is 1. The average Bonchev–Trinajstić information content (AvgIpc) is 3.40. The van der Waals surface area contributed by atoms with Gasteiger partial charge in [0.25, 0.3) is 0 Å². The largest absolute Gasteiger partial charge is 0.461 e. The first kappa shape index (κ1) is 27.6. The maximum Gasteiger partial charge on any atom is 0.328 e. The maximum atomic E-state index is 13.0. The summed E-state index contributed by atoms with van der Waals surface area (Å²) in [6.07, 6.45) is 8.52. The molecule has 1 atom stereocenters. The van der Waals surface area contributed by atoms with Crippen molar-refractivity contribution in [2.24, 2.45) is 0 Å². The number of hydrogen-bond acceptors (Lipinski definition) is 6. The monoisotopic (exact) mass is 494 g/mol. The van der Waals surface area contributed by atoms with Crippen LogP contribution >= 0.6 is 0 Å². The topological polar surface area (TPSA) is 105 Å². The molecule has 1 fully saturated rings. The van der Waals surface area contributed by atoms with Crippen LogP contribution in [0, 0.1) is 0 Å². The quantitative estimate of drug-likeness (QED) is 0.140. The summed E-state index contributed by atoms with van der Waals surface area (Å²) >= 11 is 0. The Morgan fingerprint density at radius 2 is 1.58 bits per heavy atom. The van der Waals surface area contributed by atoms with Crippen LogP contribution < -0.4 is 10.8 Å². The number of hydrogen-bond donors (Lipinski definition) is 3. The molecule has 1 aliphatic carbocycles. The number of ketones is 1. The molecule has 0 aromatic heterocycles. The van der Waals surface area contributed by atoms with E-state index in [0.717, 1.165) is 61.6 Å². The van der Waals surface area contributed by atoms with E-state index in [1.807, 2.05) is 54.6 Å². The first-order chi connectivity index (χ1) is 17.5. The highest BCUT2D eigenvalue weighted by atomic mass is 16.5. The number of unbranched alkanes of at least 4 members (excludes halogenated alkanes) is 3. The Kier molecular flexibility index (Phi) is 11.6. The lowest BCUT2D eigenvalue weighted by atomic mass is 10.0. The molecule has 1 saturated carbocycles. The summed E-state index contributed by atoms with van der Waals surface area (Å²) < 4.78 is 5.80. The van der Waals surface area contributed by atoms with Crippen LogP contribution in [0.2, 0.25) is 0 Å². The summed E-state index contributed by atoms with van der Waals surface area (Å²) in [6.45, 7) is 0.489. The molecule has 0 spiro atoms. The zero-order valence-electron chi connectivity index (χ0n) is 20.9. The molecule has 0 saturated heterocycles. The van der Waals surface area contributed by atoms with Gasteiger partial charge in [-0.25, -0.2) is 10.3 Å². The fourth-order valence-corrected chi connectivity index (χ4v) is 4.62. The Hall–Kier alpha value is -3.03. The van der Waals surface area contributed by atoms with E-state index in [1.165, 1.54) is 0 Å². The van der Waals surface area contributed by atoms with Crippen LogP contribution in [0.5, 0.6) is 0 Å². The van der Waals surface area contributed by atoms with Crippen LogP contribution in [0.3, 0.4) is 0 Å². The lowest BCUT2D eigenvalue weighted by Gasteiger charge is -2.21. The molecular weight excluding hydrogens is 456 g/mol. The highest BCUT2D eigenvalue weighted by Crippen LogP contribution is 2.24. The van der Waals surface area contributed by atoms with Crippen LogP contribution in [-0.2, 0) is 32.1 Å². The van der Waals surface area contributed by atoms with Crippen molar-refractivity contribution in [1.29, 1.82) is 0 Å². The van der Waals surface area contributed by atoms with Gasteiger partial charge in [0.1, 0.15) is 17.9 Å². The normalized spacial score (nSPS) is 14.4. The summed E-state index contributed by atoms with van der Waals surface area (Å²) in [4.78, 5) is 36.4. The number of ether oxygens (including phenoxy) is 1. The minimum absolute atomic E-state index is 0.0138. The number of benzene rings is 2. The number of hydroxylamine groups is 1. The van der Waals surface area contributed by atoms with Crippen molar-refractivity contribution in [1.82, 2.24) is 10.8 Å². The lowest BCUT2D eigenvalue weighted by molar-refractivity contribution is -0.151. The van der Waals surface area contributed by atoms with Gasteiger partial charge < -0.3 is 4.74 Å². The van der Waals surface area contributed by atoms with Crippen LogP contribution in [0.15, 0.2) is 54.6 Å². The Balaban J connectivity index is 1.48. The van der Waals surface area contributed by atoms with E-state index in [2.05, 4.69) is 5.32 Å². The predicted octanol–water partition coefficient (Wildman–Crippen LogP) is 4.96. The molecule has 0 bridgehead atoms. The smallest absolute Gasteiger partial charge is 0.328 e. The van der Waals surface area contributed by atoms with Crippen LogP contribution in [0.25, 0.3) is 0 Å². The summed E-state index contributed by atoms with van der Waals surface area (Å²) in [7, 11) is 0. The molecule has 194 valence electrons. The molecule has 0 unspecified atom stereocenters. The Bertz CT molecular complexity index is 973. The molecule has 1 aliphatic rings. The SMILES string of the molecule is O=C(CCCCCCC(=O)NO)Cc1cccc(CN[C@H](C(=O)OC2CCCC2)c2ccccc2)c1. The summed E-state index contributed by atoms with van der Waals surface area (Å²) in [5.41, 5.74) is 4.48. The number of Topliss-reactive ketones (excluding diaryl/α,β-unsaturated/α-hetero) is 1. The van der Waals surface area contributed by atoms with E-state index < -0.39 is 6.04 Å². The second kappa shape index (κ2) is 15.2. The predicted molar refractivity (Wildman–Crippen MR) is 137 cm³/mol. The molecule has 3 N–H and O–H groups in total. The van der Waals surface area contributed by atoms with Crippen molar-refractivity contribution in [2.75, 3.05) is 0 Å². The van der Waals surface area contributed by atoms with E-state index in [1.54, 1.807) is 5.48 Å². The van der Waals surface area contributed by atoms with Crippen LogP contribution in [-0.4, -0.2) is 29.0 Å². The third-order valence-electron chi connectivity index (χ3n) is 6.59. The minimum Gasteiger partial charge on any atom is -0.461 e. The first-order valence-electron chi connectivity index (χ1n) is 13.1. The van der Waals surface area contributed by atoms with Gasteiger partial charge in [-0.3, -0.25) is 20.1 Å². The van der Waals surface area contributed by atoms with Crippen LogP contribution in [0.4, 0.5) is 0 Å². The van der Waals surface area contributed by atoms with E-state index in [4.69, 9.17) is 9.94 Å². The van der Waals surface area contributed by atoms with Gasteiger partial charge in [0.15, 0.2) is 0 Å². The minimum atomic E-state index is -0.541. The lowest BCUT2D eigenvalue weighted by Crippen LogP contribution is -2.32. The Morgan fingerprint density at radius 3 is 2.31 bits per heavy atom. The third kappa shape index (κ3) is 9.55. The third-order valence-corrected chi connectivity index (χ3v) is 6.59. The molecule has 3 rings (SSSR count). The van der Waals surface area contributed by atoms with Crippen molar-refractivity contribution in [2.45, 2.75) is 89.3 Å². The molecule has 0 aliphatic heterocycles. The zero-order valence-corrected chi connectivity index (χ0v) is 20.9. The van der Waals surface area contributed by atoms with E-state index in [9.17, 15) is 14.4 Å². The summed E-state index contributed by atoms with van der Waals surface area (Å²) in [5.74, 6) is -0.423. The van der Waals surface area contributed by atoms with Gasteiger partial charge in [0.2, 0.25) is 5.91 Å². The van der Waals surface area contributed by atoms with Crippen molar-refractivity contribution >= 4 is 17.7 Å². The molecule has 0 heterocycles. The molecular formula is C29H38N2O5. The Labute approximate surface area is 213 Å². The number of carbonyl (C=O) groups excluding carboxylic acids is 3. The zero-order chi connectivity index (χ0) is 25.6. The summed E-state index contributed by atoms with van der Waals surface area (Å²) in [5, 5.41) is 11.9. The molecule has 1 amide bonds. The van der Waals surface area contributed by atoms with E-state index in [-0.39, 0.29) is 23.8 Å². The number of carbonyl (C=O) groups is 3. The van der Waals surface area contributed by atoms with Crippen molar-refractivity contribution in [3.05, 3.63) is 71.3 Å². The van der Waals surface area contributed by atoms with Gasteiger partial charge in [-0.1, -0.05) is 67.4 Å². The summed E-state index contributed by atoms with van der Waals surface area (Å²) in [6, 6.07) is 17.0. The second-order valence-corrected chi connectivity index (χ2v) is 9.55. The highest BCUT2D eigenvalue weighted by Gasteiger charge is 2.26. The number of rotatable bonds is 15.